The Labute approximate surface area is 127 Å². The van der Waals surface area contributed by atoms with Gasteiger partial charge in [-0.3, -0.25) is 0 Å². The van der Waals surface area contributed by atoms with Crippen molar-refractivity contribution in [3.05, 3.63) is 10.6 Å². The number of nitrogens with two attached hydrogens (primary N) is 1. The number of likely N-dealkylation sites (N-methyl/N-ethyl adjacent to an activating group) is 1. The highest BCUT2D eigenvalue weighted by atomic mass is 32.1. The number of thiazole rings is 1. The number of aromatic nitrogens is 1. The van der Waals surface area contributed by atoms with Gasteiger partial charge in [0.2, 0.25) is 0 Å². The van der Waals surface area contributed by atoms with Gasteiger partial charge in [0.05, 0.1) is 5.69 Å². The van der Waals surface area contributed by atoms with Gasteiger partial charge in [-0.15, -0.1) is 11.3 Å². The molecule has 0 radical (unpaired) electrons. The number of nitrogens with zero attached hydrogens (tertiary/aromatic N) is 3. The quantitative estimate of drug-likeness (QED) is 0.907. The molecule has 1 aliphatic rings. The number of piperidine rings is 1. The van der Waals surface area contributed by atoms with Crippen molar-refractivity contribution in [1.29, 1.82) is 0 Å². The second-order valence-electron chi connectivity index (χ2n) is 6.02. The fourth-order valence-electron chi connectivity index (χ4n) is 2.76. The Morgan fingerprint density at radius 1 is 1.50 bits per heavy atom. The lowest BCUT2D eigenvalue weighted by molar-refractivity contribution is 0.258. The first kappa shape index (κ1) is 15.7. The Balaban J connectivity index is 2.18. The van der Waals surface area contributed by atoms with Gasteiger partial charge in [-0.05, 0) is 39.3 Å². The highest BCUT2D eigenvalue weighted by molar-refractivity contribution is 7.15. The molecule has 114 valence electrons. The van der Waals surface area contributed by atoms with Crippen molar-refractivity contribution < 1.29 is 0 Å². The van der Waals surface area contributed by atoms with E-state index in [1.54, 1.807) is 11.3 Å². The summed E-state index contributed by atoms with van der Waals surface area (Å²) in [5.41, 5.74) is 7.13. The van der Waals surface area contributed by atoms with Crippen molar-refractivity contribution in [1.82, 2.24) is 9.88 Å². The fraction of sp³-hybridized carbons (Fsp3) is 0.800. The predicted molar refractivity (Wildman–Crippen MR) is 87.6 cm³/mol. The summed E-state index contributed by atoms with van der Waals surface area (Å²) in [4.78, 5) is 11.0. The molecule has 1 saturated heterocycles. The van der Waals surface area contributed by atoms with Crippen LogP contribution in [0.4, 0.5) is 5.13 Å². The van der Waals surface area contributed by atoms with E-state index in [2.05, 4.69) is 37.7 Å². The van der Waals surface area contributed by atoms with E-state index < -0.39 is 0 Å². The Hall–Kier alpha value is -0.650. The first-order valence-corrected chi connectivity index (χ1v) is 8.49. The molecule has 0 amide bonds. The van der Waals surface area contributed by atoms with Crippen LogP contribution in [0.25, 0.3) is 0 Å². The molecule has 0 aliphatic carbocycles. The number of anilines is 1. The minimum atomic E-state index is 0.507. The smallest absolute Gasteiger partial charge is 0.185 e. The maximum Gasteiger partial charge on any atom is 0.185 e. The fourth-order valence-corrected chi connectivity index (χ4v) is 3.85. The molecule has 20 heavy (non-hydrogen) atoms. The minimum absolute atomic E-state index is 0.507. The zero-order valence-electron chi connectivity index (χ0n) is 13.2. The summed E-state index contributed by atoms with van der Waals surface area (Å²) in [5, 5.41) is 1.17. The summed E-state index contributed by atoms with van der Waals surface area (Å²) < 4.78 is 0. The lowest BCUT2D eigenvalue weighted by atomic mass is 10.0. The van der Waals surface area contributed by atoms with Gasteiger partial charge in [0, 0.05) is 30.6 Å². The van der Waals surface area contributed by atoms with Crippen LogP contribution in [0, 0.1) is 0 Å². The SMILES string of the molecule is CCC(C)c1nc(N2CCCC(N(C)C)C2)sc1CN. The van der Waals surface area contributed by atoms with Gasteiger partial charge in [0.25, 0.3) is 0 Å². The topological polar surface area (TPSA) is 45.4 Å². The summed E-state index contributed by atoms with van der Waals surface area (Å²) in [6.45, 7) is 7.29. The van der Waals surface area contributed by atoms with E-state index in [-0.39, 0.29) is 0 Å². The summed E-state index contributed by atoms with van der Waals surface area (Å²) in [5.74, 6) is 0.507. The second-order valence-corrected chi connectivity index (χ2v) is 7.09. The van der Waals surface area contributed by atoms with E-state index >= 15 is 0 Å². The molecule has 2 rings (SSSR count). The molecule has 1 fully saturated rings. The number of hydrogen-bond donors (Lipinski definition) is 1. The van der Waals surface area contributed by atoms with Crippen molar-refractivity contribution in [2.24, 2.45) is 5.73 Å². The average molecular weight is 296 g/mol. The lowest BCUT2D eigenvalue weighted by Gasteiger charge is -2.36. The monoisotopic (exact) mass is 296 g/mol. The van der Waals surface area contributed by atoms with E-state index in [1.807, 2.05) is 0 Å². The summed E-state index contributed by atoms with van der Waals surface area (Å²) in [6.07, 6.45) is 3.66. The van der Waals surface area contributed by atoms with Crippen LogP contribution in [0.1, 0.15) is 49.6 Å². The second kappa shape index (κ2) is 6.87. The molecule has 0 saturated carbocycles. The molecular weight excluding hydrogens is 268 g/mol. The molecule has 2 N–H and O–H groups in total. The van der Waals surface area contributed by atoms with Gasteiger partial charge in [0.15, 0.2) is 5.13 Å². The maximum absolute atomic E-state index is 5.91. The van der Waals surface area contributed by atoms with Gasteiger partial charge in [-0.2, -0.15) is 0 Å². The van der Waals surface area contributed by atoms with E-state index in [4.69, 9.17) is 10.7 Å². The molecule has 1 aromatic heterocycles. The Bertz CT molecular complexity index is 430. The summed E-state index contributed by atoms with van der Waals surface area (Å²) in [6, 6.07) is 0.640. The first-order valence-electron chi connectivity index (χ1n) is 7.67. The Morgan fingerprint density at radius 2 is 2.25 bits per heavy atom. The summed E-state index contributed by atoms with van der Waals surface area (Å²) in [7, 11) is 4.35. The first-order chi connectivity index (χ1) is 9.56. The summed E-state index contributed by atoms with van der Waals surface area (Å²) >= 11 is 1.79. The van der Waals surface area contributed by atoms with Gasteiger partial charge in [-0.1, -0.05) is 13.8 Å². The highest BCUT2D eigenvalue weighted by Gasteiger charge is 2.25. The largest absolute Gasteiger partial charge is 0.347 e. The van der Waals surface area contributed by atoms with Gasteiger partial charge >= 0.3 is 0 Å². The third-order valence-corrected chi connectivity index (χ3v) is 5.53. The third-order valence-electron chi connectivity index (χ3n) is 4.38. The lowest BCUT2D eigenvalue weighted by Crippen LogP contribution is -2.45. The average Bonchev–Trinajstić information content (AvgIpc) is 2.90. The normalized spacial score (nSPS) is 21.5. The highest BCUT2D eigenvalue weighted by Crippen LogP contribution is 2.33. The zero-order valence-corrected chi connectivity index (χ0v) is 14.0. The van der Waals surface area contributed by atoms with Crippen molar-refractivity contribution >= 4 is 16.5 Å². The third kappa shape index (κ3) is 3.32. The Kier molecular flexibility index (Phi) is 5.41. The van der Waals surface area contributed by atoms with Gasteiger partial charge < -0.3 is 15.5 Å². The molecule has 5 heteroatoms. The Morgan fingerprint density at radius 3 is 2.85 bits per heavy atom. The molecule has 1 aromatic rings. The van der Waals surface area contributed by atoms with Crippen LogP contribution in [0.3, 0.4) is 0 Å². The molecule has 2 heterocycles. The van der Waals surface area contributed by atoms with E-state index in [1.165, 1.54) is 28.5 Å². The van der Waals surface area contributed by atoms with Gasteiger partial charge in [0.1, 0.15) is 0 Å². The molecule has 0 spiro atoms. The van der Waals surface area contributed by atoms with Crippen LogP contribution in [-0.4, -0.2) is 43.1 Å². The van der Waals surface area contributed by atoms with E-state index in [9.17, 15) is 0 Å². The molecule has 4 nitrogen and oxygen atoms in total. The van der Waals surface area contributed by atoms with Crippen LogP contribution in [-0.2, 0) is 6.54 Å². The molecule has 2 unspecified atom stereocenters. The van der Waals surface area contributed by atoms with Crippen LogP contribution in [0.15, 0.2) is 0 Å². The van der Waals surface area contributed by atoms with Crippen molar-refractivity contribution in [3.63, 3.8) is 0 Å². The van der Waals surface area contributed by atoms with Crippen molar-refractivity contribution in [3.8, 4) is 0 Å². The zero-order chi connectivity index (χ0) is 14.7. The standard InChI is InChI=1S/C15H28N4S/c1-5-11(2)14-13(9-16)20-15(17-14)19-8-6-7-12(10-19)18(3)4/h11-12H,5-10,16H2,1-4H3. The number of hydrogen-bond acceptors (Lipinski definition) is 5. The molecule has 0 bridgehead atoms. The molecule has 1 aliphatic heterocycles. The maximum atomic E-state index is 5.91. The van der Waals surface area contributed by atoms with Crippen molar-refractivity contribution in [2.45, 2.75) is 51.6 Å². The minimum Gasteiger partial charge on any atom is -0.347 e. The van der Waals surface area contributed by atoms with Crippen LogP contribution in [0.2, 0.25) is 0 Å². The molecule has 0 aromatic carbocycles. The predicted octanol–water partition coefficient (Wildman–Crippen LogP) is 2.65. The van der Waals surface area contributed by atoms with E-state index in [0.717, 1.165) is 19.5 Å². The van der Waals surface area contributed by atoms with E-state index in [0.29, 0.717) is 18.5 Å². The molecule has 2 atom stereocenters. The molecular formula is C15H28N4S. The van der Waals surface area contributed by atoms with Crippen LogP contribution >= 0.6 is 11.3 Å². The van der Waals surface area contributed by atoms with Crippen LogP contribution < -0.4 is 10.6 Å². The van der Waals surface area contributed by atoms with Gasteiger partial charge in [-0.25, -0.2) is 4.98 Å². The number of rotatable bonds is 5. The van der Waals surface area contributed by atoms with Crippen molar-refractivity contribution in [2.75, 3.05) is 32.1 Å². The van der Waals surface area contributed by atoms with Crippen LogP contribution in [0.5, 0.6) is 0 Å².